The highest BCUT2D eigenvalue weighted by molar-refractivity contribution is 5.64. The molecule has 0 saturated carbocycles. The number of carbonyl (C=O) groups is 1. The van der Waals surface area contributed by atoms with Gasteiger partial charge in [-0.1, -0.05) is 32.6 Å². The molecule has 82 valence electrons. The van der Waals surface area contributed by atoms with Gasteiger partial charge in [-0.25, -0.2) is 4.79 Å². The SMILES string of the molecule is CCCCCC1CCN(C(=O)O)CC1. The number of likely N-dealkylation sites (tertiary alicyclic amines) is 1. The van der Waals surface area contributed by atoms with E-state index in [1.807, 2.05) is 0 Å². The summed E-state index contributed by atoms with van der Waals surface area (Å²) in [6, 6.07) is 0. The Morgan fingerprint density at radius 1 is 1.36 bits per heavy atom. The van der Waals surface area contributed by atoms with Crippen LogP contribution in [0.1, 0.15) is 45.4 Å². The summed E-state index contributed by atoms with van der Waals surface area (Å²) in [6.07, 6.45) is 6.58. The normalized spacial score (nSPS) is 18.5. The highest BCUT2D eigenvalue weighted by Crippen LogP contribution is 2.22. The van der Waals surface area contributed by atoms with Gasteiger partial charge in [0.2, 0.25) is 0 Å². The molecule has 1 aliphatic heterocycles. The smallest absolute Gasteiger partial charge is 0.407 e. The molecule has 0 aromatic rings. The van der Waals surface area contributed by atoms with E-state index in [9.17, 15) is 4.79 Å². The lowest BCUT2D eigenvalue weighted by Gasteiger charge is -2.29. The molecule has 0 aromatic heterocycles. The summed E-state index contributed by atoms with van der Waals surface area (Å²) in [6.45, 7) is 3.70. The van der Waals surface area contributed by atoms with E-state index in [1.165, 1.54) is 30.6 Å². The fourth-order valence-electron chi connectivity index (χ4n) is 2.10. The van der Waals surface area contributed by atoms with Gasteiger partial charge < -0.3 is 10.0 Å². The third kappa shape index (κ3) is 3.56. The van der Waals surface area contributed by atoms with Crippen molar-refractivity contribution < 1.29 is 9.90 Å². The molecule has 0 bridgehead atoms. The zero-order valence-corrected chi connectivity index (χ0v) is 9.04. The molecule has 1 aliphatic rings. The summed E-state index contributed by atoms with van der Waals surface area (Å²) >= 11 is 0. The Hall–Kier alpha value is -0.730. The van der Waals surface area contributed by atoms with E-state index in [0.29, 0.717) is 0 Å². The summed E-state index contributed by atoms with van der Waals surface area (Å²) in [5, 5.41) is 8.76. The molecule has 1 saturated heterocycles. The van der Waals surface area contributed by atoms with E-state index in [1.54, 1.807) is 0 Å². The second-order valence-electron chi connectivity index (χ2n) is 4.21. The molecule has 3 heteroatoms. The maximum absolute atomic E-state index is 10.6. The van der Waals surface area contributed by atoms with Crippen LogP contribution >= 0.6 is 0 Å². The molecule has 0 atom stereocenters. The summed E-state index contributed by atoms with van der Waals surface area (Å²) in [5.74, 6) is 0.775. The molecule has 0 unspecified atom stereocenters. The van der Waals surface area contributed by atoms with Crippen LogP contribution in [0, 0.1) is 5.92 Å². The molecule has 1 heterocycles. The zero-order chi connectivity index (χ0) is 10.4. The van der Waals surface area contributed by atoms with Gasteiger partial charge in [0.05, 0.1) is 0 Å². The molecular weight excluding hydrogens is 178 g/mol. The first-order valence-corrected chi connectivity index (χ1v) is 5.72. The van der Waals surface area contributed by atoms with Crippen LogP contribution in [-0.2, 0) is 0 Å². The third-order valence-electron chi connectivity index (χ3n) is 3.10. The third-order valence-corrected chi connectivity index (χ3v) is 3.10. The Kier molecular flexibility index (Phi) is 4.77. The average Bonchev–Trinajstić information content (AvgIpc) is 2.19. The van der Waals surface area contributed by atoms with Crippen molar-refractivity contribution >= 4 is 6.09 Å². The highest BCUT2D eigenvalue weighted by Gasteiger charge is 2.21. The Bertz CT molecular complexity index is 174. The van der Waals surface area contributed by atoms with Crippen LogP contribution in [0.5, 0.6) is 0 Å². The molecule has 3 nitrogen and oxygen atoms in total. The number of piperidine rings is 1. The summed E-state index contributed by atoms with van der Waals surface area (Å²) < 4.78 is 0. The molecule has 0 aromatic carbocycles. The van der Waals surface area contributed by atoms with Crippen LogP contribution in [0.25, 0.3) is 0 Å². The van der Waals surface area contributed by atoms with Gasteiger partial charge in [-0.2, -0.15) is 0 Å². The highest BCUT2D eigenvalue weighted by atomic mass is 16.4. The van der Waals surface area contributed by atoms with Gasteiger partial charge >= 0.3 is 6.09 Å². The Balaban J connectivity index is 2.12. The number of rotatable bonds is 4. The maximum Gasteiger partial charge on any atom is 0.407 e. The van der Waals surface area contributed by atoms with Crippen LogP contribution < -0.4 is 0 Å². The van der Waals surface area contributed by atoms with Gasteiger partial charge in [-0.3, -0.25) is 0 Å². The molecule has 0 radical (unpaired) electrons. The van der Waals surface area contributed by atoms with Crippen LogP contribution in [0.3, 0.4) is 0 Å². The lowest BCUT2D eigenvalue weighted by Crippen LogP contribution is -2.37. The van der Waals surface area contributed by atoms with Gasteiger partial charge in [0.15, 0.2) is 0 Å². The molecule has 1 amide bonds. The minimum Gasteiger partial charge on any atom is -0.465 e. The van der Waals surface area contributed by atoms with Crippen molar-refractivity contribution in [3.63, 3.8) is 0 Å². The lowest BCUT2D eigenvalue weighted by atomic mass is 9.91. The largest absolute Gasteiger partial charge is 0.465 e. The van der Waals surface area contributed by atoms with Crippen LogP contribution in [-0.4, -0.2) is 29.2 Å². The number of hydrogen-bond acceptors (Lipinski definition) is 1. The maximum atomic E-state index is 10.6. The Labute approximate surface area is 86.1 Å². The van der Waals surface area contributed by atoms with Crippen LogP contribution in [0.2, 0.25) is 0 Å². The van der Waals surface area contributed by atoms with Crippen molar-refractivity contribution in [3.8, 4) is 0 Å². The molecular formula is C11H21NO2. The van der Waals surface area contributed by atoms with Crippen molar-refractivity contribution in [2.24, 2.45) is 5.92 Å². The van der Waals surface area contributed by atoms with Crippen molar-refractivity contribution in [2.75, 3.05) is 13.1 Å². The summed E-state index contributed by atoms with van der Waals surface area (Å²) in [7, 11) is 0. The van der Waals surface area contributed by atoms with E-state index in [4.69, 9.17) is 5.11 Å². The predicted molar refractivity (Wildman–Crippen MR) is 56.5 cm³/mol. The fraction of sp³-hybridized carbons (Fsp3) is 0.909. The van der Waals surface area contributed by atoms with Crippen molar-refractivity contribution in [3.05, 3.63) is 0 Å². The van der Waals surface area contributed by atoms with Crippen LogP contribution in [0.4, 0.5) is 4.79 Å². The molecule has 14 heavy (non-hydrogen) atoms. The quantitative estimate of drug-likeness (QED) is 0.707. The van der Waals surface area contributed by atoms with Gasteiger partial charge in [-0.05, 0) is 18.8 Å². The fourth-order valence-corrected chi connectivity index (χ4v) is 2.10. The second kappa shape index (κ2) is 5.89. The number of nitrogens with zero attached hydrogens (tertiary/aromatic N) is 1. The number of hydrogen-bond donors (Lipinski definition) is 1. The van der Waals surface area contributed by atoms with Gasteiger partial charge in [0, 0.05) is 13.1 Å². The van der Waals surface area contributed by atoms with Gasteiger partial charge in [0.1, 0.15) is 0 Å². The molecule has 1 fully saturated rings. The minimum atomic E-state index is -0.753. The van der Waals surface area contributed by atoms with E-state index in [0.717, 1.165) is 31.8 Å². The van der Waals surface area contributed by atoms with Crippen molar-refractivity contribution in [1.82, 2.24) is 4.90 Å². The standard InChI is InChI=1S/C11H21NO2/c1-2-3-4-5-10-6-8-12(9-7-10)11(13)14/h10H,2-9H2,1H3,(H,13,14). The Morgan fingerprint density at radius 2 is 2.00 bits per heavy atom. The second-order valence-corrected chi connectivity index (χ2v) is 4.21. The molecule has 0 spiro atoms. The van der Waals surface area contributed by atoms with Crippen LogP contribution in [0.15, 0.2) is 0 Å². The number of carboxylic acid groups (broad SMARTS) is 1. The van der Waals surface area contributed by atoms with E-state index in [2.05, 4.69) is 6.92 Å². The lowest BCUT2D eigenvalue weighted by molar-refractivity contribution is 0.122. The first-order chi connectivity index (χ1) is 6.74. The monoisotopic (exact) mass is 199 g/mol. The van der Waals surface area contributed by atoms with Gasteiger partial charge in [-0.15, -0.1) is 0 Å². The first kappa shape index (κ1) is 11.3. The zero-order valence-electron chi connectivity index (χ0n) is 9.04. The van der Waals surface area contributed by atoms with E-state index >= 15 is 0 Å². The van der Waals surface area contributed by atoms with Crippen molar-refractivity contribution in [1.29, 1.82) is 0 Å². The number of unbranched alkanes of at least 4 members (excludes halogenated alkanes) is 2. The molecule has 1 rings (SSSR count). The average molecular weight is 199 g/mol. The minimum absolute atomic E-state index is 0.742. The van der Waals surface area contributed by atoms with E-state index in [-0.39, 0.29) is 0 Å². The van der Waals surface area contributed by atoms with Crippen molar-refractivity contribution in [2.45, 2.75) is 45.4 Å². The predicted octanol–water partition coefficient (Wildman–Crippen LogP) is 2.96. The topological polar surface area (TPSA) is 40.5 Å². The summed E-state index contributed by atoms with van der Waals surface area (Å²) in [5.41, 5.74) is 0. The first-order valence-electron chi connectivity index (χ1n) is 5.72. The molecule has 1 N–H and O–H groups in total. The Morgan fingerprint density at radius 3 is 2.50 bits per heavy atom. The van der Waals surface area contributed by atoms with E-state index < -0.39 is 6.09 Å². The number of amides is 1. The van der Waals surface area contributed by atoms with Gasteiger partial charge in [0.25, 0.3) is 0 Å². The summed E-state index contributed by atoms with van der Waals surface area (Å²) in [4.78, 5) is 12.2. The molecule has 0 aliphatic carbocycles.